The monoisotopic (exact) mass is 304 g/mol. The predicted molar refractivity (Wildman–Crippen MR) is 74.2 cm³/mol. The van der Waals surface area contributed by atoms with E-state index in [0.29, 0.717) is 35.5 Å². The largest absolute Gasteiger partial charge is 0.417 e. The van der Waals surface area contributed by atoms with Gasteiger partial charge in [-0.25, -0.2) is 13.2 Å². The van der Waals surface area contributed by atoms with E-state index < -0.39 is 15.8 Å². The Balaban J connectivity index is 2.14. The van der Waals surface area contributed by atoms with E-state index in [-0.39, 0.29) is 5.75 Å². The zero-order valence-corrected chi connectivity index (χ0v) is 11.6. The summed E-state index contributed by atoms with van der Waals surface area (Å²) in [5.74, 6) is -0.116. The number of alkyl halides is 1. The molecule has 1 aromatic carbocycles. The van der Waals surface area contributed by atoms with Crippen LogP contribution in [0.4, 0.5) is 5.69 Å². The van der Waals surface area contributed by atoms with E-state index in [1.54, 1.807) is 0 Å². The number of fused-ring (bicyclic) bond motifs is 1. The Morgan fingerprint density at radius 3 is 2.84 bits per heavy atom. The van der Waals surface area contributed by atoms with Gasteiger partial charge in [0, 0.05) is 5.88 Å². The highest BCUT2D eigenvalue weighted by Gasteiger charge is 2.11. The van der Waals surface area contributed by atoms with Gasteiger partial charge in [-0.3, -0.25) is 9.71 Å². The van der Waals surface area contributed by atoms with E-state index in [0.717, 1.165) is 0 Å². The normalized spacial score (nSPS) is 11.8. The summed E-state index contributed by atoms with van der Waals surface area (Å²) < 4.78 is 30.8. The summed E-state index contributed by atoms with van der Waals surface area (Å²) in [6.07, 6.45) is 1.15. The third-order valence-electron chi connectivity index (χ3n) is 2.49. The fourth-order valence-electron chi connectivity index (χ4n) is 1.63. The zero-order chi connectivity index (χ0) is 13.9. The second-order valence-corrected chi connectivity index (χ2v) is 6.26. The van der Waals surface area contributed by atoms with Gasteiger partial charge in [0.25, 0.3) is 0 Å². The minimum absolute atomic E-state index is 0.0136. The van der Waals surface area contributed by atoms with Gasteiger partial charge in [-0.05, 0) is 31.0 Å². The SMILES string of the molecule is O=c1[nH]c2cc(NS(=O)(=O)CCCCCl)ccc2o1. The number of aromatic nitrogens is 1. The average molecular weight is 305 g/mol. The lowest BCUT2D eigenvalue weighted by Gasteiger charge is -2.07. The van der Waals surface area contributed by atoms with Gasteiger partial charge in [0.05, 0.1) is 17.0 Å². The first-order chi connectivity index (χ1) is 9.00. The summed E-state index contributed by atoms with van der Waals surface area (Å²) >= 11 is 5.50. The minimum atomic E-state index is -3.40. The van der Waals surface area contributed by atoms with Crippen LogP contribution in [0.3, 0.4) is 0 Å². The van der Waals surface area contributed by atoms with E-state index in [9.17, 15) is 13.2 Å². The predicted octanol–water partition coefficient (Wildman–Crippen LogP) is 1.88. The van der Waals surface area contributed by atoms with Crippen LogP contribution in [-0.2, 0) is 10.0 Å². The summed E-state index contributed by atoms with van der Waals surface area (Å²) in [4.78, 5) is 13.4. The molecule has 1 aromatic heterocycles. The molecule has 104 valence electrons. The Hall–Kier alpha value is -1.47. The number of nitrogens with one attached hydrogen (secondary N) is 2. The van der Waals surface area contributed by atoms with Gasteiger partial charge in [0.2, 0.25) is 10.0 Å². The third-order valence-corrected chi connectivity index (χ3v) is 4.13. The number of oxazole rings is 1. The van der Waals surface area contributed by atoms with Crippen molar-refractivity contribution >= 4 is 38.4 Å². The summed E-state index contributed by atoms with van der Waals surface area (Å²) in [7, 11) is -3.40. The van der Waals surface area contributed by atoms with Gasteiger partial charge >= 0.3 is 5.76 Å². The topological polar surface area (TPSA) is 92.2 Å². The summed E-state index contributed by atoms with van der Waals surface area (Å²) in [6, 6.07) is 4.58. The molecule has 2 rings (SSSR count). The van der Waals surface area contributed by atoms with Crippen molar-refractivity contribution in [3.05, 3.63) is 28.7 Å². The average Bonchev–Trinajstić information content (AvgIpc) is 2.68. The fraction of sp³-hybridized carbons (Fsp3) is 0.364. The molecule has 0 saturated carbocycles. The molecule has 19 heavy (non-hydrogen) atoms. The molecule has 0 radical (unpaired) electrons. The molecule has 0 aliphatic rings. The number of hydrogen-bond acceptors (Lipinski definition) is 4. The molecule has 0 saturated heterocycles. The summed E-state index contributed by atoms with van der Waals surface area (Å²) in [6.45, 7) is 0. The summed E-state index contributed by atoms with van der Waals surface area (Å²) in [5.41, 5.74) is 1.22. The van der Waals surface area contributed by atoms with Crippen molar-refractivity contribution in [3.63, 3.8) is 0 Å². The summed E-state index contributed by atoms with van der Waals surface area (Å²) in [5, 5.41) is 0. The Bertz CT molecular complexity index is 720. The second-order valence-electron chi connectivity index (χ2n) is 4.04. The third kappa shape index (κ3) is 3.74. The number of H-pyrrole nitrogens is 1. The van der Waals surface area contributed by atoms with Crippen molar-refractivity contribution in [2.24, 2.45) is 0 Å². The number of aromatic amines is 1. The van der Waals surface area contributed by atoms with E-state index in [2.05, 4.69) is 9.71 Å². The molecule has 6 nitrogen and oxygen atoms in total. The molecular weight excluding hydrogens is 292 g/mol. The number of halogens is 1. The van der Waals surface area contributed by atoms with Crippen LogP contribution in [0.1, 0.15) is 12.8 Å². The number of hydrogen-bond donors (Lipinski definition) is 2. The molecule has 2 N–H and O–H groups in total. The second kappa shape index (κ2) is 5.66. The maximum atomic E-state index is 11.8. The molecular formula is C11H13ClN2O4S. The molecule has 0 amide bonds. The van der Waals surface area contributed by atoms with Crippen molar-refractivity contribution in [1.29, 1.82) is 0 Å². The first-order valence-electron chi connectivity index (χ1n) is 5.69. The van der Waals surface area contributed by atoms with Crippen molar-refractivity contribution in [2.45, 2.75) is 12.8 Å². The Kier molecular flexibility index (Phi) is 4.16. The van der Waals surface area contributed by atoms with Crippen LogP contribution < -0.4 is 10.5 Å². The van der Waals surface area contributed by atoms with Crippen LogP contribution in [0, 0.1) is 0 Å². The molecule has 0 bridgehead atoms. The van der Waals surface area contributed by atoms with Crippen molar-refractivity contribution < 1.29 is 12.8 Å². The maximum Gasteiger partial charge on any atom is 0.417 e. The molecule has 0 fully saturated rings. The van der Waals surface area contributed by atoms with E-state index in [4.69, 9.17) is 16.0 Å². The van der Waals surface area contributed by atoms with Gasteiger partial charge < -0.3 is 4.42 Å². The Labute approximate surface area is 114 Å². The van der Waals surface area contributed by atoms with Gasteiger partial charge in [-0.15, -0.1) is 11.6 Å². The first-order valence-corrected chi connectivity index (χ1v) is 7.88. The van der Waals surface area contributed by atoms with Gasteiger partial charge in [-0.1, -0.05) is 0 Å². The number of benzene rings is 1. The zero-order valence-electron chi connectivity index (χ0n) is 9.98. The van der Waals surface area contributed by atoms with Crippen LogP contribution >= 0.6 is 11.6 Å². The molecule has 1 heterocycles. The highest BCUT2D eigenvalue weighted by Crippen LogP contribution is 2.17. The standard InChI is InChI=1S/C11H13ClN2O4S/c12-5-1-2-6-19(16,17)14-8-3-4-10-9(7-8)13-11(15)18-10/h3-4,7,14H,1-2,5-6H2,(H,13,15). The van der Waals surface area contributed by atoms with Gasteiger partial charge in [0.15, 0.2) is 5.58 Å². The number of sulfonamides is 1. The lowest BCUT2D eigenvalue weighted by molar-refractivity contribution is 0.555. The molecule has 0 aliphatic heterocycles. The van der Waals surface area contributed by atoms with E-state index >= 15 is 0 Å². The first kappa shape index (κ1) is 14.0. The van der Waals surface area contributed by atoms with Crippen molar-refractivity contribution in [2.75, 3.05) is 16.4 Å². The minimum Gasteiger partial charge on any atom is -0.408 e. The van der Waals surface area contributed by atoms with Gasteiger partial charge in [0.1, 0.15) is 0 Å². The van der Waals surface area contributed by atoms with Crippen molar-refractivity contribution in [3.8, 4) is 0 Å². The lowest BCUT2D eigenvalue weighted by Crippen LogP contribution is -2.16. The lowest BCUT2D eigenvalue weighted by atomic mass is 10.3. The highest BCUT2D eigenvalue weighted by atomic mass is 35.5. The molecule has 0 spiro atoms. The van der Waals surface area contributed by atoms with Crippen LogP contribution in [0.5, 0.6) is 0 Å². The molecule has 8 heteroatoms. The van der Waals surface area contributed by atoms with Crippen LogP contribution in [0.25, 0.3) is 11.1 Å². The van der Waals surface area contributed by atoms with Crippen molar-refractivity contribution in [1.82, 2.24) is 4.98 Å². The Morgan fingerprint density at radius 2 is 2.11 bits per heavy atom. The smallest absolute Gasteiger partial charge is 0.408 e. The van der Waals surface area contributed by atoms with Crippen LogP contribution in [-0.4, -0.2) is 25.0 Å². The number of unbranched alkanes of at least 4 members (excludes halogenated alkanes) is 1. The molecule has 0 atom stereocenters. The number of rotatable bonds is 6. The molecule has 2 aromatic rings. The van der Waals surface area contributed by atoms with Gasteiger partial charge in [-0.2, -0.15) is 0 Å². The van der Waals surface area contributed by atoms with E-state index in [1.807, 2.05) is 0 Å². The van der Waals surface area contributed by atoms with Crippen LogP contribution in [0.15, 0.2) is 27.4 Å². The Morgan fingerprint density at radius 1 is 1.32 bits per heavy atom. The quantitative estimate of drug-likeness (QED) is 0.629. The highest BCUT2D eigenvalue weighted by molar-refractivity contribution is 7.92. The molecule has 0 aliphatic carbocycles. The maximum absolute atomic E-state index is 11.8. The molecule has 0 unspecified atom stereocenters. The van der Waals surface area contributed by atoms with Crippen LogP contribution in [0.2, 0.25) is 0 Å². The fourth-order valence-corrected chi connectivity index (χ4v) is 2.99. The number of anilines is 1. The van der Waals surface area contributed by atoms with E-state index in [1.165, 1.54) is 18.2 Å².